The van der Waals surface area contributed by atoms with Gasteiger partial charge in [0.25, 0.3) is 5.91 Å². The molecule has 1 aromatic heterocycles. The fourth-order valence-corrected chi connectivity index (χ4v) is 2.89. The van der Waals surface area contributed by atoms with Crippen molar-refractivity contribution in [1.29, 1.82) is 0 Å². The van der Waals surface area contributed by atoms with Gasteiger partial charge in [-0.2, -0.15) is 0 Å². The maximum absolute atomic E-state index is 13.8. The summed E-state index contributed by atoms with van der Waals surface area (Å²) in [6.07, 6.45) is 0.992. The Morgan fingerprint density at radius 3 is 2.68 bits per heavy atom. The van der Waals surface area contributed by atoms with Gasteiger partial charge in [-0.3, -0.25) is 4.79 Å². The fraction of sp³-hybridized carbons (Fsp3) is 0.250. The number of fused-ring (bicyclic) bond motifs is 1. The summed E-state index contributed by atoms with van der Waals surface area (Å²) < 4.78 is 24.9. The molecule has 4 nitrogen and oxygen atoms in total. The molecule has 1 saturated carbocycles. The van der Waals surface area contributed by atoms with Crippen LogP contribution in [0, 0.1) is 0 Å². The number of hydrogen-bond acceptors (Lipinski definition) is 3. The SMILES string of the molecule is COc1ccc2c(-c3ccccc3)c(C(=O)NCC3(F)CC3)oc2c1. The molecule has 0 unspecified atom stereocenters. The summed E-state index contributed by atoms with van der Waals surface area (Å²) in [4.78, 5) is 12.6. The summed E-state index contributed by atoms with van der Waals surface area (Å²) in [5.74, 6) is 0.435. The Morgan fingerprint density at radius 1 is 1.24 bits per heavy atom. The highest BCUT2D eigenvalue weighted by molar-refractivity contribution is 6.08. The van der Waals surface area contributed by atoms with Crippen LogP contribution in [0.25, 0.3) is 22.1 Å². The van der Waals surface area contributed by atoms with Gasteiger partial charge >= 0.3 is 0 Å². The van der Waals surface area contributed by atoms with Gasteiger partial charge in [-0.25, -0.2) is 4.39 Å². The monoisotopic (exact) mass is 339 g/mol. The van der Waals surface area contributed by atoms with Crippen molar-refractivity contribution >= 4 is 16.9 Å². The van der Waals surface area contributed by atoms with Gasteiger partial charge in [-0.1, -0.05) is 30.3 Å². The first-order valence-electron chi connectivity index (χ1n) is 8.23. The molecule has 5 heteroatoms. The van der Waals surface area contributed by atoms with Gasteiger partial charge < -0.3 is 14.5 Å². The molecule has 3 aromatic rings. The molecule has 128 valence electrons. The van der Waals surface area contributed by atoms with E-state index >= 15 is 0 Å². The van der Waals surface area contributed by atoms with E-state index in [9.17, 15) is 9.18 Å². The van der Waals surface area contributed by atoms with Crippen LogP contribution in [0.1, 0.15) is 23.4 Å². The number of ether oxygens (including phenoxy) is 1. The Bertz CT molecular complexity index is 929. The van der Waals surface area contributed by atoms with Crippen molar-refractivity contribution in [1.82, 2.24) is 5.32 Å². The maximum atomic E-state index is 13.8. The zero-order valence-electron chi connectivity index (χ0n) is 13.8. The average molecular weight is 339 g/mol. The number of halogens is 1. The standard InChI is InChI=1S/C20H18FNO3/c1-24-14-7-8-15-16(11-14)25-18(17(15)13-5-3-2-4-6-13)19(23)22-12-20(21)9-10-20/h2-8,11H,9-10,12H2,1H3,(H,22,23). The van der Waals surface area contributed by atoms with E-state index in [1.54, 1.807) is 13.2 Å². The molecule has 0 radical (unpaired) electrons. The minimum Gasteiger partial charge on any atom is -0.497 e. The average Bonchev–Trinajstić information content (AvgIpc) is 3.26. The summed E-state index contributed by atoms with van der Waals surface area (Å²) in [6.45, 7) is 0.0143. The van der Waals surface area contributed by atoms with Crippen LogP contribution in [0.3, 0.4) is 0 Å². The quantitative estimate of drug-likeness (QED) is 0.752. The number of amides is 1. The van der Waals surface area contributed by atoms with Crippen LogP contribution in [0.4, 0.5) is 4.39 Å². The first-order valence-corrected chi connectivity index (χ1v) is 8.23. The number of hydrogen-bond donors (Lipinski definition) is 1. The van der Waals surface area contributed by atoms with E-state index in [2.05, 4.69) is 5.32 Å². The lowest BCUT2D eigenvalue weighted by Gasteiger charge is -2.07. The lowest BCUT2D eigenvalue weighted by atomic mass is 10.0. The summed E-state index contributed by atoms with van der Waals surface area (Å²) in [5.41, 5.74) is 0.889. The molecule has 0 spiro atoms. The van der Waals surface area contributed by atoms with E-state index < -0.39 is 11.6 Å². The van der Waals surface area contributed by atoms with Gasteiger partial charge in [0.15, 0.2) is 0 Å². The molecule has 1 aliphatic rings. The molecule has 1 aliphatic carbocycles. The van der Waals surface area contributed by atoms with Crippen LogP contribution in [0.15, 0.2) is 52.9 Å². The molecule has 25 heavy (non-hydrogen) atoms. The van der Waals surface area contributed by atoms with Crippen molar-refractivity contribution in [2.75, 3.05) is 13.7 Å². The number of nitrogens with one attached hydrogen (secondary N) is 1. The Hall–Kier alpha value is -2.82. The Morgan fingerprint density at radius 2 is 2.00 bits per heavy atom. The zero-order chi connectivity index (χ0) is 17.4. The predicted molar refractivity (Wildman–Crippen MR) is 93.6 cm³/mol. The minimum absolute atomic E-state index is 0.0143. The summed E-state index contributed by atoms with van der Waals surface area (Å²) >= 11 is 0. The molecular weight excluding hydrogens is 321 g/mol. The minimum atomic E-state index is -1.25. The molecule has 1 fully saturated rings. The van der Waals surface area contributed by atoms with E-state index in [1.165, 1.54) is 0 Å². The maximum Gasteiger partial charge on any atom is 0.287 e. The van der Waals surface area contributed by atoms with Gasteiger partial charge in [0.2, 0.25) is 5.76 Å². The van der Waals surface area contributed by atoms with Gasteiger partial charge in [-0.15, -0.1) is 0 Å². The van der Waals surface area contributed by atoms with E-state index in [0.29, 0.717) is 29.7 Å². The largest absolute Gasteiger partial charge is 0.497 e. The number of furan rings is 1. The van der Waals surface area contributed by atoms with E-state index in [0.717, 1.165) is 10.9 Å². The van der Waals surface area contributed by atoms with Crippen LogP contribution >= 0.6 is 0 Å². The van der Waals surface area contributed by atoms with Crippen molar-refractivity contribution in [2.24, 2.45) is 0 Å². The first-order chi connectivity index (χ1) is 12.1. The molecule has 1 heterocycles. The van der Waals surface area contributed by atoms with Crippen molar-refractivity contribution in [3.05, 3.63) is 54.3 Å². The van der Waals surface area contributed by atoms with Crippen LogP contribution in [-0.2, 0) is 0 Å². The summed E-state index contributed by atoms with van der Waals surface area (Å²) in [6, 6.07) is 15.0. The van der Waals surface area contributed by atoms with Crippen LogP contribution in [0.5, 0.6) is 5.75 Å². The topological polar surface area (TPSA) is 51.5 Å². The number of alkyl halides is 1. The van der Waals surface area contributed by atoms with Gasteiger partial charge in [0.1, 0.15) is 17.0 Å². The molecule has 1 amide bonds. The third kappa shape index (κ3) is 2.97. The molecule has 0 atom stereocenters. The van der Waals surface area contributed by atoms with Crippen LogP contribution < -0.4 is 10.1 Å². The van der Waals surface area contributed by atoms with E-state index in [4.69, 9.17) is 9.15 Å². The van der Waals surface area contributed by atoms with Crippen LogP contribution in [-0.4, -0.2) is 25.2 Å². The Kier molecular flexibility index (Phi) is 3.71. The number of benzene rings is 2. The zero-order valence-corrected chi connectivity index (χ0v) is 13.8. The lowest BCUT2D eigenvalue weighted by molar-refractivity contribution is 0.0913. The predicted octanol–water partition coefficient (Wildman–Crippen LogP) is 4.34. The number of methoxy groups -OCH3 is 1. The molecule has 2 aromatic carbocycles. The smallest absolute Gasteiger partial charge is 0.287 e. The summed E-state index contributed by atoms with van der Waals surface area (Å²) in [5, 5.41) is 3.48. The molecule has 0 saturated heterocycles. The van der Waals surface area contributed by atoms with Gasteiger partial charge in [0.05, 0.1) is 13.7 Å². The van der Waals surface area contributed by atoms with Crippen molar-refractivity contribution in [3.8, 4) is 16.9 Å². The van der Waals surface area contributed by atoms with Crippen molar-refractivity contribution in [3.63, 3.8) is 0 Å². The number of carbonyl (C=O) groups is 1. The number of carbonyl (C=O) groups excluding carboxylic acids is 1. The van der Waals surface area contributed by atoms with Gasteiger partial charge in [-0.05, 0) is 30.5 Å². The van der Waals surface area contributed by atoms with E-state index in [-0.39, 0.29) is 12.3 Å². The number of rotatable bonds is 5. The Balaban J connectivity index is 1.79. The Labute approximate surface area is 144 Å². The summed E-state index contributed by atoms with van der Waals surface area (Å²) in [7, 11) is 1.58. The molecule has 1 N–H and O–H groups in total. The molecule has 0 bridgehead atoms. The fourth-order valence-electron chi connectivity index (χ4n) is 2.89. The molecular formula is C20H18FNO3. The molecule has 4 rings (SSSR count). The van der Waals surface area contributed by atoms with E-state index in [1.807, 2.05) is 42.5 Å². The molecule has 0 aliphatic heterocycles. The first kappa shape index (κ1) is 15.7. The second-order valence-electron chi connectivity index (χ2n) is 6.37. The van der Waals surface area contributed by atoms with Crippen molar-refractivity contribution < 1.29 is 18.3 Å². The third-order valence-electron chi connectivity index (χ3n) is 4.52. The third-order valence-corrected chi connectivity index (χ3v) is 4.52. The van der Waals surface area contributed by atoms with Crippen molar-refractivity contribution in [2.45, 2.75) is 18.5 Å². The highest BCUT2D eigenvalue weighted by Crippen LogP contribution is 2.39. The normalized spacial score (nSPS) is 15.1. The second kappa shape index (κ2) is 5.92. The van der Waals surface area contributed by atoms with Crippen LogP contribution in [0.2, 0.25) is 0 Å². The highest BCUT2D eigenvalue weighted by Gasteiger charge is 2.43. The lowest BCUT2D eigenvalue weighted by Crippen LogP contribution is -2.31. The second-order valence-corrected chi connectivity index (χ2v) is 6.37. The van der Waals surface area contributed by atoms with Gasteiger partial charge in [0, 0.05) is 17.0 Å². The highest BCUT2D eigenvalue weighted by atomic mass is 19.1.